The van der Waals surface area contributed by atoms with Crippen molar-refractivity contribution >= 4 is 23.0 Å². The van der Waals surface area contributed by atoms with E-state index in [1.54, 1.807) is 45.0 Å². The number of piperidine rings is 3. The van der Waals surface area contributed by atoms with Crippen molar-refractivity contribution < 1.29 is 18.7 Å². The monoisotopic (exact) mass is 606 g/mol. The van der Waals surface area contributed by atoms with Gasteiger partial charge in [0.1, 0.15) is 11.4 Å². The number of amides is 2. The lowest BCUT2D eigenvalue weighted by molar-refractivity contribution is 0.0487. The summed E-state index contributed by atoms with van der Waals surface area (Å²) in [6.07, 6.45) is 4.56. The fourth-order valence-electron chi connectivity index (χ4n) is 6.86. The summed E-state index contributed by atoms with van der Waals surface area (Å²) in [5.41, 5.74) is -1.09. The summed E-state index contributed by atoms with van der Waals surface area (Å²) in [6.45, 7) is 8.33. The van der Waals surface area contributed by atoms with Gasteiger partial charge in [0.2, 0.25) is 0 Å². The summed E-state index contributed by atoms with van der Waals surface area (Å²) in [6, 6.07) is 7.20. The molecule has 1 unspecified atom stereocenters. The molecule has 234 valence electrons. The van der Waals surface area contributed by atoms with Gasteiger partial charge in [-0.25, -0.2) is 23.5 Å². The van der Waals surface area contributed by atoms with Crippen molar-refractivity contribution in [2.24, 2.45) is 5.92 Å². The highest BCUT2D eigenvalue weighted by Gasteiger charge is 2.35. The SMILES string of the molecule is CC(C)(C)OC(=O)NC1CCC(n2c(=O)c3cc(F)cnc3n(-c3cccc(C(=O)NC4CN5CCC4CC5)c3)c2=O)CC1. The molecular weight excluding hydrogens is 567 g/mol. The first-order valence-electron chi connectivity index (χ1n) is 15.4. The average Bonchev–Trinajstić information content (AvgIpc) is 2.98. The van der Waals surface area contributed by atoms with E-state index in [2.05, 4.69) is 20.5 Å². The van der Waals surface area contributed by atoms with Crippen LogP contribution in [-0.2, 0) is 4.74 Å². The number of hydrogen-bond donors (Lipinski definition) is 2. The molecule has 7 rings (SSSR count). The van der Waals surface area contributed by atoms with Gasteiger partial charge in [0, 0.05) is 30.2 Å². The molecule has 1 saturated carbocycles. The molecule has 3 aromatic rings. The number of carbonyl (C=O) groups excluding carboxylic acids is 2. The maximum absolute atomic E-state index is 14.4. The molecule has 12 heteroatoms. The summed E-state index contributed by atoms with van der Waals surface area (Å²) >= 11 is 0. The molecule has 2 bridgehead atoms. The predicted octanol–water partition coefficient (Wildman–Crippen LogP) is 3.52. The topological polar surface area (TPSA) is 128 Å². The zero-order valence-electron chi connectivity index (χ0n) is 25.3. The predicted molar refractivity (Wildman–Crippen MR) is 163 cm³/mol. The van der Waals surface area contributed by atoms with Gasteiger partial charge in [-0.2, -0.15) is 0 Å². The van der Waals surface area contributed by atoms with Crippen LogP contribution in [-0.4, -0.2) is 68.3 Å². The molecule has 0 spiro atoms. The summed E-state index contributed by atoms with van der Waals surface area (Å²) < 4.78 is 22.2. The molecule has 0 radical (unpaired) electrons. The fourth-order valence-corrected chi connectivity index (χ4v) is 6.86. The zero-order chi connectivity index (χ0) is 31.2. The first-order chi connectivity index (χ1) is 21.0. The second-order valence-electron chi connectivity index (χ2n) is 13.2. The smallest absolute Gasteiger partial charge is 0.407 e. The van der Waals surface area contributed by atoms with E-state index >= 15 is 0 Å². The third-order valence-corrected chi connectivity index (χ3v) is 9.01. The highest BCUT2D eigenvalue weighted by Crippen LogP contribution is 2.29. The molecule has 5 heterocycles. The lowest BCUT2D eigenvalue weighted by Crippen LogP contribution is -2.57. The molecule has 4 aliphatic rings. The number of benzene rings is 1. The van der Waals surface area contributed by atoms with Gasteiger partial charge in [-0.3, -0.25) is 14.2 Å². The summed E-state index contributed by atoms with van der Waals surface area (Å²) in [4.78, 5) is 59.8. The van der Waals surface area contributed by atoms with Crippen LogP contribution >= 0.6 is 0 Å². The van der Waals surface area contributed by atoms with Crippen LogP contribution in [0.4, 0.5) is 9.18 Å². The second-order valence-corrected chi connectivity index (χ2v) is 13.2. The van der Waals surface area contributed by atoms with E-state index in [0.717, 1.165) is 44.7 Å². The number of pyridine rings is 1. The molecule has 3 aliphatic heterocycles. The van der Waals surface area contributed by atoms with Crippen LogP contribution in [0.5, 0.6) is 0 Å². The van der Waals surface area contributed by atoms with Crippen LogP contribution < -0.4 is 21.9 Å². The van der Waals surface area contributed by atoms with Gasteiger partial charge in [-0.1, -0.05) is 6.07 Å². The Bertz CT molecular complexity index is 1700. The third-order valence-electron chi connectivity index (χ3n) is 9.01. The lowest BCUT2D eigenvalue weighted by atomic mass is 9.84. The first-order valence-corrected chi connectivity index (χ1v) is 15.4. The van der Waals surface area contributed by atoms with Crippen molar-refractivity contribution in [2.45, 2.75) is 83.0 Å². The van der Waals surface area contributed by atoms with Crippen LogP contribution in [0.2, 0.25) is 0 Å². The molecule has 2 aromatic heterocycles. The number of nitrogens with one attached hydrogen (secondary N) is 2. The number of rotatable bonds is 5. The van der Waals surface area contributed by atoms with Gasteiger partial charge in [0.25, 0.3) is 11.5 Å². The van der Waals surface area contributed by atoms with Crippen molar-refractivity contribution in [2.75, 3.05) is 19.6 Å². The first kappa shape index (κ1) is 30.0. The molecule has 2 amide bonds. The highest BCUT2D eigenvalue weighted by atomic mass is 19.1. The third kappa shape index (κ3) is 6.12. The molecule has 44 heavy (non-hydrogen) atoms. The fraction of sp³-hybridized carbons (Fsp3) is 0.531. The molecule has 11 nitrogen and oxygen atoms in total. The lowest BCUT2D eigenvalue weighted by Gasteiger charge is -2.44. The molecule has 1 aliphatic carbocycles. The van der Waals surface area contributed by atoms with Gasteiger partial charge in [-0.05, 0) is 103 Å². The van der Waals surface area contributed by atoms with Crippen LogP contribution in [0.25, 0.3) is 16.7 Å². The average molecular weight is 607 g/mol. The van der Waals surface area contributed by atoms with E-state index in [1.165, 1.54) is 9.13 Å². The highest BCUT2D eigenvalue weighted by molar-refractivity contribution is 5.95. The number of alkyl carbamates (subject to hydrolysis) is 1. The molecular formula is C32H39FN6O5. The largest absolute Gasteiger partial charge is 0.444 e. The number of ether oxygens (including phenoxy) is 1. The van der Waals surface area contributed by atoms with Crippen molar-refractivity contribution in [3.8, 4) is 5.69 Å². The van der Waals surface area contributed by atoms with Gasteiger partial charge in [-0.15, -0.1) is 0 Å². The van der Waals surface area contributed by atoms with Gasteiger partial charge in [0.05, 0.1) is 17.3 Å². The minimum atomic E-state index is -0.692. The van der Waals surface area contributed by atoms with E-state index in [4.69, 9.17) is 4.74 Å². The Morgan fingerprint density at radius 2 is 1.73 bits per heavy atom. The zero-order valence-corrected chi connectivity index (χ0v) is 25.3. The Morgan fingerprint density at radius 1 is 1.00 bits per heavy atom. The molecule has 2 N–H and O–H groups in total. The van der Waals surface area contributed by atoms with Crippen molar-refractivity contribution in [1.82, 2.24) is 29.7 Å². The normalized spacial score (nSPS) is 25.0. The minimum Gasteiger partial charge on any atom is -0.444 e. The molecule has 1 aromatic carbocycles. The van der Waals surface area contributed by atoms with Crippen LogP contribution in [0, 0.1) is 11.7 Å². The molecule has 3 saturated heterocycles. The Balaban J connectivity index is 1.30. The van der Waals surface area contributed by atoms with Crippen LogP contribution in [0.15, 0.2) is 46.1 Å². The van der Waals surface area contributed by atoms with Gasteiger partial charge < -0.3 is 20.3 Å². The number of hydrogen-bond acceptors (Lipinski definition) is 7. The molecule has 4 fully saturated rings. The minimum absolute atomic E-state index is 0.0212. The number of carbonyl (C=O) groups is 2. The number of halogens is 1. The second kappa shape index (κ2) is 11.8. The van der Waals surface area contributed by atoms with Crippen molar-refractivity contribution in [3.05, 3.63) is 68.7 Å². The maximum atomic E-state index is 14.4. The molecule has 1 atom stereocenters. The van der Waals surface area contributed by atoms with Crippen LogP contribution in [0.1, 0.15) is 75.7 Å². The quantitative estimate of drug-likeness (QED) is 0.455. The van der Waals surface area contributed by atoms with Crippen LogP contribution in [0.3, 0.4) is 0 Å². The van der Waals surface area contributed by atoms with E-state index in [1.807, 2.05) is 0 Å². The number of fused-ring (bicyclic) bond motifs is 4. The summed E-state index contributed by atoms with van der Waals surface area (Å²) in [5.74, 6) is -0.468. The van der Waals surface area contributed by atoms with Gasteiger partial charge in [0.15, 0.2) is 5.65 Å². The van der Waals surface area contributed by atoms with E-state index < -0.39 is 34.8 Å². The van der Waals surface area contributed by atoms with E-state index in [0.29, 0.717) is 42.9 Å². The van der Waals surface area contributed by atoms with Crippen molar-refractivity contribution in [1.29, 1.82) is 0 Å². The Hall–Kier alpha value is -4.06. The Morgan fingerprint density at radius 3 is 2.39 bits per heavy atom. The summed E-state index contributed by atoms with van der Waals surface area (Å²) in [7, 11) is 0. The van der Waals surface area contributed by atoms with E-state index in [-0.39, 0.29) is 29.0 Å². The number of nitrogens with zero attached hydrogens (tertiary/aromatic N) is 4. The summed E-state index contributed by atoms with van der Waals surface area (Å²) in [5, 5.41) is 6.03. The Kier molecular flexibility index (Phi) is 8.04. The maximum Gasteiger partial charge on any atom is 0.407 e. The van der Waals surface area contributed by atoms with Crippen molar-refractivity contribution in [3.63, 3.8) is 0 Å². The standard InChI is InChI=1S/C32H39FN6O5/c1-32(2,3)44-30(42)35-22-7-9-23(10-8-22)39-29(41)25-16-21(33)17-34-27(25)38(31(39)43)24-6-4-5-20(15-24)28(40)36-26-18-37-13-11-19(26)12-14-37/h4-6,15-17,19,22-23,26H,7-14,18H2,1-3H3,(H,35,42)(H,36,40). The van der Waals surface area contributed by atoms with E-state index in [9.17, 15) is 23.6 Å². The van der Waals surface area contributed by atoms with Gasteiger partial charge >= 0.3 is 11.8 Å². The Labute approximate surface area is 254 Å². The number of aromatic nitrogens is 3.